The highest BCUT2D eigenvalue weighted by atomic mass is 31.2. The molecule has 0 unspecified atom stereocenters. The van der Waals surface area contributed by atoms with Crippen molar-refractivity contribution in [2.24, 2.45) is 0 Å². The Balaban J connectivity index is 1.33. The Kier molecular flexibility index (Phi) is 11.1. The summed E-state index contributed by atoms with van der Waals surface area (Å²) in [6, 6.07) is 33.4. The van der Waals surface area contributed by atoms with Crippen molar-refractivity contribution in [2.45, 2.75) is 58.3 Å². The molecular formula is C36H44O4P+. The molecule has 4 aromatic carbocycles. The van der Waals surface area contributed by atoms with Crippen molar-refractivity contribution in [1.82, 2.24) is 0 Å². The molecule has 4 rings (SSSR count). The molecule has 0 heterocycles. The number of rotatable bonds is 15. The molecule has 0 bridgehead atoms. The summed E-state index contributed by atoms with van der Waals surface area (Å²) in [5, 5.41) is 25.6. The summed E-state index contributed by atoms with van der Waals surface area (Å²) in [7, 11) is 1.19. The van der Waals surface area contributed by atoms with Gasteiger partial charge in [-0.25, -0.2) is 0 Å². The van der Waals surface area contributed by atoms with E-state index < -0.39 is 7.26 Å². The molecule has 4 nitrogen and oxygen atoms in total. The Labute approximate surface area is 246 Å². The molecule has 0 radical (unpaired) electrons. The summed E-state index contributed by atoms with van der Waals surface area (Å²) in [6.45, 7) is 1.81. The second kappa shape index (κ2) is 14.9. The van der Waals surface area contributed by atoms with Crippen molar-refractivity contribution >= 4 is 23.2 Å². The molecule has 0 aliphatic rings. The minimum Gasteiger partial charge on any atom is -0.504 e. The summed E-state index contributed by atoms with van der Waals surface area (Å²) in [4.78, 5) is 0. The van der Waals surface area contributed by atoms with E-state index in [2.05, 4.69) is 91.0 Å². The first-order valence-corrected chi connectivity index (χ1v) is 16.7. The molecule has 2 N–H and O–H groups in total. The molecule has 0 aliphatic heterocycles. The minimum atomic E-state index is -1.74. The number of phenols is 2. The molecule has 0 saturated heterocycles. The number of phenolic OH excluding ortho intramolecular Hbond substituents is 2. The van der Waals surface area contributed by atoms with E-state index >= 15 is 0 Å². The fourth-order valence-corrected chi connectivity index (χ4v) is 10.4. The van der Waals surface area contributed by atoms with Gasteiger partial charge in [-0.1, -0.05) is 80.3 Å². The molecule has 0 aliphatic carbocycles. The molecule has 5 heteroatoms. The topological polar surface area (TPSA) is 58.9 Å². The van der Waals surface area contributed by atoms with E-state index in [1.54, 1.807) is 0 Å². The number of ether oxygens (including phenoxy) is 2. The molecule has 0 atom stereocenters. The fourth-order valence-electron chi connectivity index (χ4n) is 5.94. The zero-order valence-electron chi connectivity index (χ0n) is 24.7. The summed E-state index contributed by atoms with van der Waals surface area (Å²) < 4.78 is 10.5. The zero-order chi connectivity index (χ0) is 29.1. The molecule has 0 aromatic heterocycles. The minimum absolute atomic E-state index is 0.0394. The van der Waals surface area contributed by atoms with E-state index in [-0.39, 0.29) is 23.0 Å². The zero-order valence-corrected chi connectivity index (χ0v) is 25.6. The number of hydrogen-bond acceptors (Lipinski definition) is 4. The van der Waals surface area contributed by atoms with Gasteiger partial charge in [-0.3, -0.25) is 0 Å². The molecule has 41 heavy (non-hydrogen) atoms. The van der Waals surface area contributed by atoms with Crippen LogP contribution < -0.4 is 25.4 Å². The van der Waals surface area contributed by atoms with Crippen LogP contribution >= 0.6 is 7.26 Å². The second-order valence-electron chi connectivity index (χ2n) is 10.6. The largest absolute Gasteiger partial charge is 0.504 e. The van der Waals surface area contributed by atoms with E-state index in [4.69, 9.17) is 9.47 Å². The van der Waals surface area contributed by atoms with Gasteiger partial charge in [-0.15, -0.1) is 0 Å². The van der Waals surface area contributed by atoms with Gasteiger partial charge in [0.05, 0.1) is 20.4 Å². The van der Waals surface area contributed by atoms with Crippen LogP contribution in [0.3, 0.4) is 0 Å². The fraction of sp³-hybridized carbons (Fsp3) is 0.333. The van der Waals surface area contributed by atoms with Crippen LogP contribution in [0.25, 0.3) is 0 Å². The highest BCUT2D eigenvalue weighted by molar-refractivity contribution is 7.95. The average Bonchev–Trinajstić information content (AvgIpc) is 3.02. The van der Waals surface area contributed by atoms with Crippen LogP contribution in [0.5, 0.6) is 23.0 Å². The Morgan fingerprint density at radius 2 is 0.927 bits per heavy atom. The van der Waals surface area contributed by atoms with E-state index in [0.717, 1.165) is 24.8 Å². The van der Waals surface area contributed by atoms with Crippen molar-refractivity contribution < 1.29 is 19.7 Å². The number of benzene rings is 4. The lowest BCUT2D eigenvalue weighted by Crippen LogP contribution is -2.33. The van der Waals surface area contributed by atoms with E-state index in [9.17, 15) is 10.2 Å². The number of methoxy groups -OCH3 is 2. The Hall–Kier alpha value is -3.49. The monoisotopic (exact) mass is 571 g/mol. The third-order valence-corrected chi connectivity index (χ3v) is 12.7. The van der Waals surface area contributed by atoms with Crippen LogP contribution in [0.15, 0.2) is 91.0 Å². The summed E-state index contributed by atoms with van der Waals surface area (Å²) >= 11 is 0. The Bertz CT molecular complexity index is 1260. The van der Waals surface area contributed by atoms with Gasteiger partial charge in [0.2, 0.25) is 11.5 Å². The molecule has 216 valence electrons. The van der Waals surface area contributed by atoms with Crippen LogP contribution in [0.1, 0.15) is 56.1 Å². The summed E-state index contributed by atoms with van der Waals surface area (Å²) in [5.74, 6) is 0.495. The molecule has 0 saturated carbocycles. The maximum atomic E-state index is 10.7. The van der Waals surface area contributed by atoms with Crippen molar-refractivity contribution in [3.05, 3.63) is 102 Å². The quantitative estimate of drug-likeness (QED) is 0.0873. The summed E-state index contributed by atoms with van der Waals surface area (Å²) in [6.07, 6.45) is 9.92. The van der Waals surface area contributed by atoms with Gasteiger partial charge in [-0.05, 0) is 69.0 Å². The lowest BCUT2D eigenvalue weighted by atomic mass is 9.98. The lowest BCUT2D eigenvalue weighted by Gasteiger charge is -2.27. The SMILES string of the molecule is COc1c(O)c(C)c(CCCCCCCCC[P+](c2ccccc2)(c2ccccc2)c2ccccc2)c(O)c1OC. The van der Waals surface area contributed by atoms with Gasteiger partial charge in [0, 0.05) is 11.1 Å². The van der Waals surface area contributed by atoms with Crippen LogP contribution in [0, 0.1) is 6.92 Å². The first kappa shape index (κ1) is 30.5. The van der Waals surface area contributed by atoms with E-state index in [1.165, 1.54) is 62.0 Å². The molecular weight excluding hydrogens is 527 g/mol. The standard InChI is InChI=1S/C36H43O4P/c1-28-32(34(38)36(40-3)35(39-2)33(28)37)26-18-7-5-4-6-8-19-27-41(29-20-12-9-13-21-29,30-22-14-10-15-23-30)31-24-16-11-17-25-31/h9-17,20-25H,4-8,18-19,26-27H2,1-3H3,(H-,37,38)/p+1. The van der Waals surface area contributed by atoms with Gasteiger partial charge in [0.25, 0.3) is 0 Å². The van der Waals surface area contributed by atoms with Crippen molar-refractivity contribution in [3.63, 3.8) is 0 Å². The number of aromatic hydroxyl groups is 2. The van der Waals surface area contributed by atoms with E-state index in [0.29, 0.717) is 12.0 Å². The van der Waals surface area contributed by atoms with Gasteiger partial charge in [0.15, 0.2) is 11.5 Å². The first-order chi connectivity index (χ1) is 20.0. The Morgan fingerprint density at radius 1 is 0.537 bits per heavy atom. The van der Waals surface area contributed by atoms with Crippen LogP contribution in [0.4, 0.5) is 0 Å². The normalized spacial score (nSPS) is 11.4. The van der Waals surface area contributed by atoms with Crippen LogP contribution in [0.2, 0.25) is 0 Å². The first-order valence-electron chi connectivity index (χ1n) is 14.7. The summed E-state index contributed by atoms with van der Waals surface area (Å²) in [5.41, 5.74) is 1.39. The second-order valence-corrected chi connectivity index (χ2v) is 14.2. The van der Waals surface area contributed by atoms with Gasteiger partial charge in [0.1, 0.15) is 23.2 Å². The molecule has 0 spiro atoms. The van der Waals surface area contributed by atoms with Gasteiger partial charge >= 0.3 is 0 Å². The van der Waals surface area contributed by atoms with Crippen molar-refractivity contribution in [2.75, 3.05) is 20.4 Å². The van der Waals surface area contributed by atoms with Crippen LogP contribution in [-0.4, -0.2) is 30.6 Å². The lowest BCUT2D eigenvalue weighted by molar-refractivity contribution is 0.313. The van der Waals surface area contributed by atoms with Crippen LogP contribution in [-0.2, 0) is 6.42 Å². The Morgan fingerprint density at radius 3 is 1.37 bits per heavy atom. The predicted molar refractivity (Wildman–Crippen MR) is 174 cm³/mol. The molecule has 0 fully saturated rings. The molecule has 4 aromatic rings. The highest BCUT2D eigenvalue weighted by Crippen LogP contribution is 2.56. The smallest absolute Gasteiger partial charge is 0.207 e. The number of unbranched alkanes of at least 4 members (excludes halogenated alkanes) is 6. The highest BCUT2D eigenvalue weighted by Gasteiger charge is 2.44. The van der Waals surface area contributed by atoms with Crippen molar-refractivity contribution in [3.8, 4) is 23.0 Å². The maximum absolute atomic E-state index is 10.7. The van der Waals surface area contributed by atoms with E-state index in [1.807, 2.05) is 6.92 Å². The van der Waals surface area contributed by atoms with Crippen molar-refractivity contribution in [1.29, 1.82) is 0 Å². The predicted octanol–water partition coefficient (Wildman–Crippen LogP) is 7.69. The number of hydrogen-bond donors (Lipinski definition) is 2. The van der Waals surface area contributed by atoms with Gasteiger partial charge < -0.3 is 19.7 Å². The third-order valence-electron chi connectivity index (χ3n) is 8.15. The van der Waals surface area contributed by atoms with Gasteiger partial charge in [-0.2, -0.15) is 0 Å². The molecule has 0 amide bonds. The average molecular weight is 572 g/mol. The third kappa shape index (κ3) is 6.88. The maximum Gasteiger partial charge on any atom is 0.207 e.